The van der Waals surface area contributed by atoms with Crippen LogP contribution in [0.2, 0.25) is 0 Å². The van der Waals surface area contributed by atoms with Gasteiger partial charge in [0.25, 0.3) is 0 Å². The maximum absolute atomic E-state index is 6.46. The van der Waals surface area contributed by atoms with Gasteiger partial charge >= 0.3 is 0 Å². The van der Waals surface area contributed by atoms with E-state index in [1.165, 1.54) is 47.6 Å². The lowest BCUT2D eigenvalue weighted by Crippen LogP contribution is -2.09. The molecule has 0 fully saturated rings. The van der Waals surface area contributed by atoms with Crippen molar-refractivity contribution in [1.82, 2.24) is 4.98 Å². The van der Waals surface area contributed by atoms with Crippen LogP contribution in [0.25, 0.3) is 64.1 Å². The number of benzene rings is 6. The van der Waals surface area contributed by atoms with Gasteiger partial charge in [-0.2, -0.15) is 0 Å². The third-order valence-electron chi connectivity index (χ3n) is 8.37. The fourth-order valence-corrected chi connectivity index (χ4v) is 7.59. The average molecular weight is 557 g/mol. The summed E-state index contributed by atoms with van der Waals surface area (Å²) in [6.07, 6.45) is 1.59. The topological polar surface area (TPSA) is 34.2 Å². The van der Waals surface area contributed by atoms with E-state index in [1.807, 2.05) is 23.6 Å². The standard InChI is InChI=1S/C38H24N2OS/c1-2-9-28-27(8-1)26(16-17-29(28)31-11-5-12-32-30-10-3-4-13-36(30)42-37(31)32)23-14-19-34-35(22-23)41-38(40-34)25-15-18-33-24(21-25)7-6-20-39-33/h1-22,38,40H. The van der Waals surface area contributed by atoms with E-state index in [0.29, 0.717) is 0 Å². The number of hydrogen-bond donors (Lipinski definition) is 1. The maximum atomic E-state index is 6.46. The van der Waals surface area contributed by atoms with Gasteiger partial charge in [-0.3, -0.25) is 4.98 Å². The minimum atomic E-state index is -0.235. The van der Waals surface area contributed by atoms with Gasteiger partial charge in [-0.05, 0) is 63.9 Å². The van der Waals surface area contributed by atoms with Gasteiger partial charge in [0, 0.05) is 42.9 Å². The van der Waals surface area contributed by atoms with Crippen LogP contribution in [-0.2, 0) is 0 Å². The van der Waals surface area contributed by atoms with E-state index in [-0.39, 0.29) is 6.23 Å². The lowest BCUT2D eigenvalue weighted by molar-refractivity contribution is 0.260. The average Bonchev–Trinajstić information content (AvgIpc) is 3.65. The molecule has 8 aromatic rings. The molecule has 1 N–H and O–H groups in total. The molecule has 0 bridgehead atoms. The zero-order valence-electron chi connectivity index (χ0n) is 22.5. The number of nitrogens with one attached hydrogen (secondary N) is 1. The summed E-state index contributed by atoms with van der Waals surface area (Å²) in [5, 5.41) is 9.79. The van der Waals surface area contributed by atoms with E-state index in [2.05, 4.69) is 132 Å². The molecule has 6 aromatic carbocycles. The molecule has 3 nitrogen and oxygen atoms in total. The van der Waals surface area contributed by atoms with Crippen molar-refractivity contribution in [2.45, 2.75) is 6.23 Å². The Bertz CT molecular complexity index is 2340. The molecule has 2 aromatic heterocycles. The van der Waals surface area contributed by atoms with Gasteiger partial charge in [0.1, 0.15) is 5.75 Å². The van der Waals surface area contributed by atoms with E-state index in [0.717, 1.165) is 33.5 Å². The van der Waals surface area contributed by atoms with Gasteiger partial charge in [0.05, 0.1) is 11.2 Å². The van der Waals surface area contributed by atoms with Gasteiger partial charge in [-0.1, -0.05) is 91.0 Å². The number of nitrogens with zero attached hydrogens (tertiary/aromatic N) is 1. The molecule has 0 spiro atoms. The Morgan fingerprint density at radius 1 is 0.619 bits per heavy atom. The number of rotatable bonds is 3. The van der Waals surface area contributed by atoms with E-state index >= 15 is 0 Å². The first-order chi connectivity index (χ1) is 20.8. The van der Waals surface area contributed by atoms with Crippen LogP contribution in [0.1, 0.15) is 11.8 Å². The van der Waals surface area contributed by atoms with Crippen LogP contribution >= 0.6 is 11.3 Å². The Kier molecular flexibility index (Phi) is 5.13. The van der Waals surface area contributed by atoms with E-state index in [4.69, 9.17) is 4.74 Å². The minimum absolute atomic E-state index is 0.235. The number of ether oxygens (including phenoxy) is 1. The molecule has 3 heterocycles. The van der Waals surface area contributed by atoms with Crippen LogP contribution in [0.5, 0.6) is 5.75 Å². The van der Waals surface area contributed by atoms with Gasteiger partial charge in [-0.25, -0.2) is 0 Å². The number of anilines is 1. The fourth-order valence-electron chi connectivity index (χ4n) is 6.36. The largest absolute Gasteiger partial charge is 0.464 e. The predicted molar refractivity (Wildman–Crippen MR) is 176 cm³/mol. The van der Waals surface area contributed by atoms with Crippen LogP contribution in [0, 0.1) is 0 Å². The number of aromatic nitrogens is 1. The zero-order chi connectivity index (χ0) is 27.6. The summed E-state index contributed by atoms with van der Waals surface area (Å²) in [5.74, 6) is 0.868. The maximum Gasteiger partial charge on any atom is 0.196 e. The monoisotopic (exact) mass is 556 g/mol. The van der Waals surface area contributed by atoms with Crippen LogP contribution in [0.15, 0.2) is 134 Å². The van der Waals surface area contributed by atoms with Crippen molar-refractivity contribution in [2.75, 3.05) is 5.32 Å². The van der Waals surface area contributed by atoms with Crippen molar-refractivity contribution >= 4 is 58.9 Å². The van der Waals surface area contributed by atoms with Crippen LogP contribution < -0.4 is 10.1 Å². The summed E-state index contributed by atoms with van der Waals surface area (Å²) in [4.78, 5) is 4.45. The number of pyridine rings is 1. The molecule has 198 valence electrons. The molecule has 0 aliphatic carbocycles. The summed E-state index contributed by atoms with van der Waals surface area (Å²) in [6.45, 7) is 0. The van der Waals surface area contributed by atoms with Crippen LogP contribution in [-0.4, -0.2) is 4.98 Å². The molecule has 9 rings (SSSR count). The lowest BCUT2D eigenvalue weighted by atomic mass is 9.91. The number of hydrogen-bond acceptors (Lipinski definition) is 4. The Labute approximate surface area is 246 Å². The zero-order valence-corrected chi connectivity index (χ0v) is 23.4. The predicted octanol–water partition coefficient (Wildman–Crippen LogP) is 10.6. The van der Waals surface area contributed by atoms with Crippen molar-refractivity contribution in [3.63, 3.8) is 0 Å². The van der Waals surface area contributed by atoms with Crippen molar-refractivity contribution < 1.29 is 4.74 Å². The summed E-state index contributed by atoms with van der Waals surface area (Å²) in [5.41, 5.74) is 7.96. The summed E-state index contributed by atoms with van der Waals surface area (Å²) in [6, 6.07) is 45.5. The Hall–Kier alpha value is -5.19. The minimum Gasteiger partial charge on any atom is -0.464 e. The highest BCUT2D eigenvalue weighted by Crippen LogP contribution is 2.45. The molecule has 0 saturated heterocycles. The third-order valence-corrected chi connectivity index (χ3v) is 9.59. The van der Waals surface area contributed by atoms with Gasteiger partial charge in [0.15, 0.2) is 6.23 Å². The second kappa shape index (κ2) is 9.16. The molecule has 1 atom stereocenters. The second-order valence-electron chi connectivity index (χ2n) is 10.8. The normalized spacial score (nSPS) is 14.3. The van der Waals surface area contributed by atoms with E-state index in [1.54, 1.807) is 0 Å². The van der Waals surface area contributed by atoms with Gasteiger partial charge < -0.3 is 10.1 Å². The molecule has 1 unspecified atom stereocenters. The number of thiophene rings is 1. The fraction of sp³-hybridized carbons (Fsp3) is 0.0263. The molecule has 0 radical (unpaired) electrons. The SMILES string of the molecule is c1cnc2ccc(C3Nc4ccc(-c5ccc(-c6cccc7c6sc6ccccc67)c6ccccc56)cc4O3)cc2c1. The van der Waals surface area contributed by atoms with E-state index < -0.39 is 0 Å². The quantitative estimate of drug-likeness (QED) is 0.235. The first-order valence-electron chi connectivity index (χ1n) is 14.1. The first kappa shape index (κ1) is 23.5. The van der Waals surface area contributed by atoms with Gasteiger partial charge in [0.2, 0.25) is 0 Å². The molecule has 1 aliphatic rings. The van der Waals surface area contributed by atoms with Crippen molar-refractivity contribution in [1.29, 1.82) is 0 Å². The van der Waals surface area contributed by atoms with Crippen molar-refractivity contribution in [2.24, 2.45) is 0 Å². The third kappa shape index (κ3) is 3.62. The van der Waals surface area contributed by atoms with Crippen LogP contribution in [0.3, 0.4) is 0 Å². The summed E-state index contributed by atoms with van der Waals surface area (Å²) in [7, 11) is 0. The van der Waals surface area contributed by atoms with Crippen LogP contribution in [0.4, 0.5) is 5.69 Å². The highest BCUT2D eigenvalue weighted by molar-refractivity contribution is 7.26. The second-order valence-corrected chi connectivity index (χ2v) is 11.8. The lowest BCUT2D eigenvalue weighted by Gasteiger charge is -2.13. The molecule has 4 heteroatoms. The molecular weight excluding hydrogens is 532 g/mol. The van der Waals surface area contributed by atoms with E-state index in [9.17, 15) is 0 Å². The van der Waals surface area contributed by atoms with Gasteiger partial charge in [-0.15, -0.1) is 11.3 Å². The smallest absolute Gasteiger partial charge is 0.196 e. The summed E-state index contributed by atoms with van der Waals surface area (Å²) < 4.78 is 9.12. The Balaban J connectivity index is 1.12. The molecule has 0 amide bonds. The van der Waals surface area contributed by atoms with Crippen molar-refractivity contribution in [3.05, 3.63) is 139 Å². The molecule has 42 heavy (non-hydrogen) atoms. The summed E-state index contributed by atoms with van der Waals surface area (Å²) >= 11 is 1.88. The Morgan fingerprint density at radius 3 is 2.36 bits per heavy atom. The molecular formula is C38H24N2OS. The molecule has 1 aliphatic heterocycles. The van der Waals surface area contributed by atoms with Crippen molar-refractivity contribution in [3.8, 4) is 28.0 Å². The highest BCUT2D eigenvalue weighted by atomic mass is 32.1. The number of fused-ring (bicyclic) bond motifs is 6. The Morgan fingerprint density at radius 2 is 1.43 bits per heavy atom. The molecule has 0 saturated carbocycles. The highest BCUT2D eigenvalue weighted by Gasteiger charge is 2.24. The first-order valence-corrected chi connectivity index (χ1v) is 15.0.